The molecule has 5 aliphatic rings. The van der Waals surface area contributed by atoms with Gasteiger partial charge >= 0.3 is 0 Å². The van der Waals surface area contributed by atoms with Crippen LogP contribution in [0.5, 0.6) is 0 Å². The molecule has 2 N–H and O–H groups in total. The van der Waals surface area contributed by atoms with E-state index in [1.165, 1.54) is 44.1 Å². The molecule has 4 saturated carbocycles. The van der Waals surface area contributed by atoms with Gasteiger partial charge in [-0.1, -0.05) is 24.3 Å². The molecule has 0 unspecified atom stereocenters. The molecule has 0 atom stereocenters. The first-order valence-electron chi connectivity index (χ1n) is 9.05. The highest BCUT2D eigenvalue weighted by atomic mass is 16.1. The van der Waals surface area contributed by atoms with E-state index in [0.29, 0.717) is 0 Å². The van der Waals surface area contributed by atoms with Crippen molar-refractivity contribution in [3.8, 4) is 0 Å². The summed E-state index contributed by atoms with van der Waals surface area (Å²) in [6.45, 7) is 0.810. The van der Waals surface area contributed by atoms with Crippen LogP contribution in [0, 0.1) is 17.8 Å². The first kappa shape index (κ1) is 13.6. The number of benzene rings is 1. The number of carbonyl (C=O) groups is 1. The SMILES string of the molecule is O=C(NC12CC3CC(CC(C3)C1)C2)C1=CNCc2ccccc21. The van der Waals surface area contributed by atoms with E-state index in [2.05, 4.69) is 22.8 Å². The van der Waals surface area contributed by atoms with Crippen LogP contribution in [0.1, 0.15) is 49.7 Å². The molecule has 0 radical (unpaired) electrons. The summed E-state index contributed by atoms with van der Waals surface area (Å²) in [5.41, 5.74) is 3.20. The molecule has 3 nitrogen and oxygen atoms in total. The minimum atomic E-state index is 0.0824. The molecule has 0 spiro atoms. The number of nitrogens with one attached hydrogen (secondary N) is 2. The average molecular weight is 308 g/mol. The fraction of sp³-hybridized carbons (Fsp3) is 0.550. The van der Waals surface area contributed by atoms with E-state index < -0.39 is 0 Å². The van der Waals surface area contributed by atoms with Crippen molar-refractivity contribution < 1.29 is 4.79 Å². The fourth-order valence-electron chi connectivity index (χ4n) is 6.04. The lowest BCUT2D eigenvalue weighted by molar-refractivity contribution is -0.121. The Morgan fingerprint density at radius 2 is 1.70 bits per heavy atom. The Labute approximate surface area is 137 Å². The Morgan fingerprint density at radius 3 is 2.39 bits per heavy atom. The standard InChI is InChI=1S/C20H24N2O/c23-19(18-12-21-11-16-3-1-2-4-17(16)18)22-20-8-13-5-14(9-20)7-15(6-13)10-20/h1-4,12-15,21H,5-11H2,(H,22,23). The van der Waals surface area contributed by atoms with Crippen molar-refractivity contribution in [2.45, 2.75) is 50.6 Å². The molecule has 4 fully saturated rings. The maximum atomic E-state index is 13.0. The van der Waals surface area contributed by atoms with E-state index in [1.54, 1.807) is 0 Å². The molecular formula is C20H24N2O. The first-order valence-corrected chi connectivity index (χ1v) is 9.05. The van der Waals surface area contributed by atoms with Gasteiger partial charge in [0.2, 0.25) is 0 Å². The quantitative estimate of drug-likeness (QED) is 0.881. The summed E-state index contributed by atoms with van der Waals surface area (Å²) in [5.74, 6) is 2.68. The van der Waals surface area contributed by atoms with Gasteiger partial charge in [0.25, 0.3) is 5.91 Å². The summed E-state index contributed by atoms with van der Waals surface area (Å²) in [4.78, 5) is 13.0. The molecule has 0 saturated heterocycles. The molecule has 120 valence electrons. The third-order valence-electron chi connectivity index (χ3n) is 6.51. The summed E-state index contributed by atoms with van der Waals surface area (Å²) < 4.78 is 0. The van der Waals surface area contributed by atoms with Gasteiger partial charge in [-0.25, -0.2) is 0 Å². The fourth-order valence-corrected chi connectivity index (χ4v) is 6.04. The zero-order valence-electron chi connectivity index (χ0n) is 13.5. The van der Waals surface area contributed by atoms with Gasteiger partial charge in [-0.05, 0) is 67.4 Å². The van der Waals surface area contributed by atoms with Crippen LogP contribution < -0.4 is 10.6 Å². The van der Waals surface area contributed by atoms with Gasteiger partial charge in [0.15, 0.2) is 0 Å². The molecule has 0 aromatic heterocycles. The zero-order valence-corrected chi connectivity index (χ0v) is 13.5. The Bertz CT molecular complexity index is 655. The van der Waals surface area contributed by atoms with Gasteiger partial charge in [-0.15, -0.1) is 0 Å². The zero-order chi connectivity index (χ0) is 15.4. The van der Waals surface area contributed by atoms with Crippen molar-refractivity contribution in [3.63, 3.8) is 0 Å². The monoisotopic (exact) mass is 308 g/mol. The van der Waals surface area contributed by atoms with Crippen molar-refractivity contribution >= 4 is 11.5 Å². The molecule has 4 bridgehead atoms. The van der Waals surface area contributed by atoms with Gasteiger partial charge in [-0.3, -0.25) is 4.79 Å². The number of amides is 1. The lowest BCUT2D eigenvalue weighted by atomic mass is 9.53. The van der Waals surface area contributed by atoms with E-state index in [4.69, 9.17) is 0 Å². The largest absolute Gasteiger partial charge is 0.386 e. The molecule has 4 aliphatic carbocycles. The van der Waals surface area contributed by atoms with Gasteiger partial charge in [0.05, 0.1) is 5.57 Å². The van der Waals surface area contributed by atoms with E-state index in [-0.39, 0.29) is 11.4 Å². The van der Waals surface area contributed by atoms with E-state index in [1.807, 2.05) is 18.3 Å². The predicted molar refractivity (Wildman–Crippen MR) is 90.3 cm³/mol. The average Bonchev–Trinajstić information content (AvgIpc) is 2.52. The minimum Gasteiger partial charge on any atom is -0.386 e. The molecule has 3 heteroatoms. The summed E-state index contributed by atoms with van der Waals surface area (Å²) in [6, 6.07) is 8.24. The van der Waals surface area contributed by atoms with Crippen LogP contribution in [0.15, 0.2) is 30.5 Å². The highest BCUT2D eigenvalue weighted by molar-refractivity contribution is 6.20. The van der Waals surface area contributed by atoms with Crippen molar-refractivity contribution in [2.75, 3.05) is 0 Å². The summed E-state index contributed by atoms with van der Waals surface area (Å²) >= 11 is 0. The normalized spacial score (nSPS) is 36.9. The molecule has 1 aromatic rings. The van der Waals surface area contributed by atoms with Crippen molar-refractivity contribution in [1.29, 1.82) is 0 Å². The van der Waals surface area contributed by atoms with E-state index >= 15 is 0 Å². The Morgan fingerprint density at radius 1 is 1.04 bits per heavy atom. The minimum absolute atomic E-state index is 0.0824. The third-order valence-corrected chi connectivity index (χ3v) is 6.51. The number of hydrogen-bond donors (Lipinski definition) is 2. The van der Waals surface area contributed by atoms with E-state index in [0.717, 1.165) is 35.4 Å². The highest BCUT2D eigenvalue weighted by Gasteiger charge is 2.51. The molecule has 1 amide bonds. The topological polar surface area (TPSA) is 41.1 Å². The molecule has 6 rings (SSSR count). The smallest absolute Gasteiger partial charge is 0.253 e. The van der Waals surface area contributed by atoms with Gasteiger partial charge in [0.1, 0.15) is 0 Å². The van der Waals surface area contributed by atoms with Crippen LogP contribution in [-0.2, 0) is 11.3 Å². The first-order chi connectivity index (χ1) is 11.2. The lowest BCUT2D eigenvalue weighted by Crippen LogP contribution is -2.60. The molecule has 1 heterocycles. The van der Waals surface area contributed by atoms with Crippen LogP contribution >= 0.6 is 0 Å². The molecular weight excluding hydrogens is 284 g/mol. The van der Waals surface area contributed by atoms with Crippen LogP contribution in [0.4, 0.5) is 0 Å². The van der Waals surface area contributed by atoms with Gasteiger partial charge in [-0.2, -0.15) is 0 Å². The number of hydrogen-bond acceptors (Lipinski definition) is 2. The Hall–Kier alpha value is -1.77. The van der Waals surface area contributed by atoms with Gasteiger partial charge in [0, 0.05) is 18.3 Å². The maximum Gasteiger partial charge on any atom is 0.253 e. The molecule has 1 aromatic carbocycles. The number of rotatable bonds is 2. The summed E-state index contributed by atoms with van der Waals surface area (Å²) in [5, 5.41) is 6.75. The Balaban J connectivity index is 1.41. The summed E-state index contributed by atoms with van der Waals surface area (Å²) in [7, 11) is 0. The second-order valence-electron chi connectivity index (χ2n) is 8.25. The van der Waals surface area contributed by atoms with Crippen molar-refractivity contribution in [1.82, 2.24) is 10.6 Å². The van der Waals surface area contributed by atoms with Crippen LogP contribution in [0.3, 0.4) is 0 Å². The van der Waals surface area contributed by atoms with Crippen LogP contribution in [0.25, 0.3) is 5.57 Å². The number of fused-ring (bicyclic) bond motifs is 1. The highest BCUT2D eigenvalue weighted by Crippen LogP contribution is 2.55. The number of carbonyl (C=O) groups excluding carboxylic acids is 1. The molecule has 23 heavy (non-hydrogen) atoms. The second-order valence-corrected chi connectivity index (χ2v) is 8.25. The predicted octanol–water partition coefficient (Wildman–Crippen LogP) is 3.22. The Kier molecular flexibility index (Phi) is 2.88. The van der Waals surface area contributed by atoms with Crippen LogP contribution in [-0.4, -0.2) is 11.4 Å². The lowest BCUT2D eigenvalue weighted by Gasteiger charge is -2.57. The second kappa shape index (κ2) is 4.86. The van der Waals surface area contributed by atoms with E-state index in [9.17, 15) is 4.79 Å². The van der Waals surface area contributed by atoms with Gasteiger partial charge < -0.3 is 10.6 Å². The van der Waals surface area contributed by atoms with Crippen LogP contribution in [0.2, 0.25) is 0 Å². The molecule has 1 aliphatic heterocycles. The summed E-state index contributed by atoms with van der Waals surface area (Å²) in [6.07, 6.45) is 9.72. The van der Waals surface area contributed by atoms with Crippen molar-refractivity contribution in [2.24, 2.45) is 17.8 Å². The maximum absolute atomic E-state index is 13.0. The van der Waals surface area contributed by atoms with Crippen molar-refractivity contribution in [3.05, 3.63) is 41.6 Å². The third kappa shape index (κ3) is 2.20.